The van der Waals surface area contributed by atoms with Crippen LogP contribution in [0.1, 0.15) is 0 Å². The average molecular weight is 481 g/mol. The smallest absolute Gasteiger partial charge is 0.234 e. The molecule has 0 saturated heterocycles. The van der Waals surface area contributed by atoms with Gasteiger partial charge in [0, 0.05) is 22.3 Å². The molecule has 0 aliphatic rings. The number of ether oxygens (including phenoxy) is 2. The highest BCUT2D eigenvalue weighted by atomic mass is 35.5. The Morgan fingerprint density at radius 1 is 1.00 bits per heavy atom. The van der Waals surface area contributed by atoms with Crippen molar-refractivity contribution < 1.29 is 14.3 Å². The van der Waals surface area contributed by atoms with Crippen molar-refractivity contribution >= 4 is 35.0 Å². The second-order valence-corrected chi connectivity index (χ2v) is 8.27. The lowest BCUT2D eigenvalue weighted by Gasteiger charge is -2.12. The average Bonchev–Trinajstić information content (AvgIpc) is 3.27. The summed E-state index contributed by atoms with van der Waals surface area (Å²) >= 11 is 7.48. The molecular weight excluding hydrogens is 460 g/mol. The highest BCUT2D eigenvalue weighted by Crippen LogP contribution is 2.31. The summed E-state index contributed by atoms with van der Waals surface area (Å²) in [5.41, 5.74) is 2.28. The molecule has 0 saturated carbocycles. The molecule has 1 heterocycles. The summed E-state index contributed by atoms with van der Waals surface area (Å²) in [6.07, 6.45) is 0. The molecule has 33 heavy (non-hydrogen) atoms. The molecule has 168 valence electrons. The number of aromatic nitrogens is 3. The van der Waals surface area contributed by atoms with Gasteiger partial charge in [0.15, 0.2) is 11.0 Å². The number of anilines is 1. The van der Waals surface area contributed by atoms with Crippen molar-refractivity contribution in [2.75, 3.05) is 25.3 Å². The van der Waals surface area contributed by atoms with Crippen LogP contribution in [0.25, 0.3) is 17.1 Å². The zero-order valence-electron chi connectivity index (χ0n) is 18.0. The van der Waals surface area contributed by atoms with Gasteiger partial charge in [-0.25, -0.2) is 0 Å². The fourth-order valence-corrected chi connectivity index (χ4v) is 4.15. The molecule has 0 aliphatic heterocycles. The van der Waals surface area contributed by atoms with E-state index in [0.717, 1.165) is 11.3 Å². The minimum Gasteiger partial charge on any atom is -0.497 e. The minimum absolute atomic E-state index is 0.135. The van der Waals surface area contributed by atoms with E-state index in [0.29, 0.717) is 33.2 Å². The van der Waals surface area contributed by atoms with E-state index in [-0.39, 0.29) is 11.7 Å². The number of halogens is 1. The van der Waals surface area contributed by atoms with Crippen LogP contribution in [0.4, 0.5) is 5.69 Å². The molecule has 1 amide bonds. The number of methoxy groups -OCH3 is 2. The third-order valence-electron chi connectivity index (χ3n) is 4.75. The summed E-state index contributed by atoms with van der Waals surface area (Å²) in [4.78, 5) is 12.7. The topological polar surface area (TPSA) is 78.3 Å². The van der Waals surface area contributed by atoms with Gasteiger partial charge in [-0.05, 0) is 36.4 Å². The molecule has 0 bridgehead atoms. The normalized spacial score (nSPS) is 10.6. The van der Waals surface area contributed by atoms with Crippen molar-refractivity contribution in [1.29, 1.82) is 0 Å². The zero-order valence-corrected chi connectivity index (χ0v) is 19.6. The SMILES string of the molecule is COc1ccc(NC(=O)CSc2nnc(-c3cccc(Cl)c3)n2-c2ccccc2)c(OC)c1. The number of rotatable bonds is 8. The van der Waals surface area contributed by atoms with E-state index in [4.69, 9.17) is 21.1 Å². The van der Waals surface area contributed by atoms with Crippen LogP contribution >= 0.6 is 23.4 Å². The van der Waals surface area contributed by atoms with Gasteiger partial charge in [0.05, 0.1) is 25.7 Å². The molecule has 0 radical (unpaired) electrons. The fraction of sp³-hybridized carbons (Fsp3) is 0.125. The maximum atomic E-state index is 12.7. The molecule has 4 aromatic rings. The Labute approximate surface area is 200 Å². The van der Waals surface area contributed by atoms with Crippen LogP contribution in [0.3, 0.4) is 0 Å². The van der Waals surface area contributed by atoms with Crippen LogP contribution in [0, 0.1) is 0 Å². The Balaban J connectivity index is 1.57. The molecule has 0 fully saturated rings. The Bertz CT molecular complexity index is 1260. The van der Waals surface area contributed by atoms with Crippen LogP contribution < -0.4 is 14.8 Å². The summed E-state index contributed by atoms with van der Waals surface area (Å²) in [6.45, 7) is 0. The summed E-state index contributed by atoms with van der Waals surface area (Å²) < 4.78 is 12.5. The number of benzene rings is 3. The zero-order chi connectivity index (χ0) is 23.2. The van der Waals surface area contributed by atoms with Crippen LogP contribution in [0.5, 0.6) is 11.5 Å². The Kier molecular flexibility index (Phi) is 7.16. The van der Waals surface area contributed by atoms with E-state index in [1.165, 1.54) is 11.8 Å². The molecule has 0 atom stereocenters. The number of nitrogens with one attached hydrogen (secondary N) is 1. The third kappa shape index (κ3) is 5.30. The number of nitrogens with zero attached hydrogens (tertiary/aromatic N) is 3. The van der Waals surface area contributed by atoms with Crippen LogP contribution in [0.15, 0.2) is 78.0 Å². The van der Waals surface area contributed by atoms with Crippen molar-refractivity contribution in [3.8, 4) is 28.6 Å². The van der Waals surface area contributed by atoms with Gasteiger partial charge in [0.25, 0.3) is 0 Å². The van der Waals surface area contributed by atoms with E-state index in [1.807, 2.05) is 59.2 Å². The Morgan fingerprint density at radius 3 is 2.55 bits per heavy atom. The summed E-state index contributed by atoms with van der Waals surface area (Å²) in [7, 11) is 3.11. The van der Waals surface area contributed by atoms with Gasteiger partial charge in [-0.15, -0.1) is 10.2 Å². The third-order valence-corrected chi connectivity index (χ3v) is 5.91. The van der Waals surface area contributed by atoms with E-state index in [9.17, 15) is 4.79 Å². The quantitative estimate of drug-likeness (QED) is 0.343. The summed E-state index contributed by atoms with van der Waals surface area (Å²) in [6, 6.07) is 22.4. The van der Waals surface area contributed by atoms with Gasteiger partial charge in [-0.1, -0.05) is 53.7 Å². The minimum atomic E-state index is -0.199. The number of hydrogen-bond donors (Lipinski definition) is 1. The van der Waals surface area contributed by atoms with Crippen LogP contribution in [0.2, 0.25) is 5.02 Å². The maximum absolute atomic E-state index is 12.7. The highest BCUT2D eigenvalue weighted by Gasteiger charge is 2.18. The first-order chi connectivity index (χ1) is 16.1. The number of hydrogen-bond acceptors (Lipinski definition) is 6. The maximum Gasteiger partial charge on any atom is 0.234 e. The van der Waals surface area contributed by atoms with Gasteiger partial charge in [0.1, 0.15) is 11.5 Å². The molecule has 3 aromatic carbocycles. The second kappa shape index (κ2) is 10.4. The lowest BCUT2D eigenvalue weighted by Crippen LogP contribution is -2.15. The van der Waals surface area contributed by atoms with E-state index in [1.54, 1.807) is 32.4 Å². The predicted octanol–water partition coefficient (Wildman–Crippen LogP) is 5.34. The molecule has 9 heteroatoms. The molecule has 4 rings (SSSR count). The molecule has 7 nitrogen and oxygen atoms in total. The molecule has 1 N–H and O–H groups in total. The van der Waals surface area contributed by atoms with Crippen LogP contribution in [-0.4, -0.2) is 40.6 Å². The Hall–Kier alpha value is -3.49. The van der Waals surface area contributed by atoms with E-state index in [2.05, 4.69) is 15.5 Å². The predicted molar refractivity (Wildman–Crippen MR) is 131 cm³/mol. The summed E-state index contributed by atoms with van der Waals surface area (Å²) in [5, 5.41) is 12.8. The lowest BCUT2D eigenvalue weighted by atomic mass is 10.2. The molecule has 0 aliphatic carbocycles. The van der Waals surface area contributed by atoms with Crippen molar-refractivity contribution in [2.45, 2.75) is 5.16 Å². The van der Waals surface area contributed by atoms with Gasteiger partial charge in [0.2, 0.25) is 5.91 Å². The van der Waals surface area contributed by atoms with E-state index >= 15 is 0 Å². The van der Waals surface area contributed by atoms with Crippen molar-refractivity contribution in [1.82, 2.24) is 14.8 Å². The fourth-order valence-electron chi connectivity index (χ4n) is 3.21. The standard InChI is InChI=1S/C24H21ClN4O3S/c1-31-19-11-12-20(21(14-19)32-2)26-22(30)15-33-24-28-27-23(16-7-6-8-17(25)13-16)29(24)18-9-4-3-5-10-18/h3-14H,15H2,1-2H3,(H,26,30). The molecule has 0 spiro atoms. The highest BCUT2D eigenvalue weighted by molar-refractivity contribution is 7.99. The van der Waals surface area contributed by atoms with Gasteiger partial charge >= 0.3 is 0 Å². The number of carbonyl (C=O) groups excluding carboxylic acids is 1. The first kappa shape index (κ1) is 22.7. The number of amides is 1. The van der Waals surface area contributed by atoms with Crippen molar-refractivity contribution in [3.63, 3.8) is 0 Å². The number of para-hydroxylation sites is 1. The largest absolute Gasteiger partial charge is 0.497 e. The number of carbonyl (C=O) groups is 1. The lowest BCUT2D eigenvalue weighted by molar-refractivity contribution is -0.113. The molecular formula is C24H21ClN4O3S. The van der Waals surface area contributed by atoms with Crippen molar-refractivity contribution in [2.24, 2.45) is 0 Å². The number of thioether (sulfide) groups is 1. The molecule has 1 aromatic heterocycles. The van der Waals surface area contributed by atoms with Gasteiger partial charge in [-0.2, -0.15) is 0 Å². The first-order valence-electron chi connectivity index (χ1n) is 10.0. The van der Waals surface area contributed by atoms with E-state index < -0.39 is 0 Å². The molecule has 0 unspecified atom stereocenters. The monoisotopic (exact) mass is 480 g/mol. The first-order valence-corrected chi connectivity index (χ1v) is 11.4. The Morgan fingerprint density at radius 2 is 1.82 bits per heavy atom. The summed E-state index contributed by atoms with van der Waals surface area (Å²) in [5.74, 6) is 1.74. The second-order valence-electron chi connectivity index (χ2n) is 6.89. The van der Waals surface area contributed by atoms with Gasteiger partial charge in [-0.3, -0.25) is 9.36 Å². The van der Waals surface area contributed by atoms with Gasteiger partial charge < -0.3 is 14.8 Å². The van der Waals surface area contributed by atoms with Crippen LogP contribution in [-0.2, 0) is 4.79 Å². The van der Waals surface area contributed by atoms with Crippen molar-refractivity contribution in [3.05, 3.63) is 77.8 Å².